The van der Waals surface area contributed by atoms with Crippen molar-refractivity contribution in [1.82, 2.24) is 9.97 Å². The summed E-state index contributed by atoms with van der Waals surface area (Å²) < 4.78 is 0. The van der Waals surface area contributed by atoms with Crippen molar-refractivity contribution in [3.8, 4) is 5.88 Å². The molecule has 0 bridgehead atoms. The SMILES string of the molecule is CCc1[nH]c(C2CCC2)nc1O. The van der Waals surface area contributed by atoms with Crippen LogP contribution in [0.2, 0.25) is 0 Å². The van der Waals surface area contributed by atoms with Crippen LogP contribution in [0.4, 0.5) is 0 Å². The van der Waals surface area contributed by atoms with Gasteiger partial charge >= 0.3 is 0 Å². The molecule has 0 radical (unpaired) electrons. The zero-order chi connectivity index (χ0) is 8.55. The number of aryl methyl sites for hydroxylation is 1. The lowest BCUT2D eigenvalue weighted by molar-refractivity contribution is 0.398. The third kappa shape index (κ3) is 1.09. The van der Waals surface area contributed by atoms with Crippen LogP contribution in [0.15, 0.2) is 0 Å². The number of H-pyrrole nitrogens is 1. The first-order valence-corrected chi connectivity index (χ1v) is 4.59. The van der Waals surface area contributed by atoms with E-state index in [-0.39, 0.29) is 5.88 Å². The van der Waals surface area contributed by atoms with Gasteiger partial charge in [-0.25, -0.2) is 0 Å². The van der Waals surface area contributed by atoms with Crippen LogP contribution in [0.5, 0.6) is 5.88 Å². The minimum Gasteiger partial charge on any atom is -0.492 e. The lowest BCUT2D eigenvalue weighted by Gasteiger charge is -2.22. The number of nitrogens with one attached hydrogen (secondary N) is 1. The largest absolute Gasteiger partial charge is 0.492 e. The zero-order valence-electron chi connectivity index (χ0n) is 7.30. The first-order chi connectivity index (χ1) is 5.81. The van der Waals surface area contributed by atoms with E-state index in [0.29, 0.717) is 5.92 Å². The molecule has 1 aromatic heterocycles. The van der Waals surface area contributed by atoms with Crippen molar-refractivity contribution in [2.75, 3.05) is 0 Å². The number of nitrogens with zero attached hydrogens (tertiary/aromatic N) is 1. The molecule has 3 heteroatoms. The van der Waals surface area contributed by atoms with Crippen molar-refractivity contribution in [3.05, 3.63) is 11.5 Å². The highest BCUT2D eigenvalue weighted by atomic mass is 16.3. The summed E-state index contributed by atoms with van der Waals surface area (Å²) in [4.78, 5) is 7.28. The van der Waals surface area contributed by atoms with E-state index in [4.69, 9.17) is 0 Å². The number of hydrogen-bond donors (Lipinski definition) is 2. The normalized spacial score (nSPS) is 17.8. The maximum atomic E-state index is 9.36. The molecule has 0 aromatic carbocycles. The van der Waals surface area contributed by atoms with Gasteiger partial charge in [-0.05, 0) is 19.3 Å². The van der Waals surface area contributed by atoms with Crippen LogP contribution in [0.25, 0.3) is 0 Å². The third-order valence-corrected chi connectivity index (χ3v) is 2.62. The summed E-state index contributed by atoms with van der Waals surface area (Å²) in [5.74, 6) is 1.76. The summed E-state index contributed by atoms with van der Waals surface area (Å²) in [6.07, 6.45) is 4.56. The Morgan fingerprint density at radius 2 is 2.33 bits per heavy atom. The van der Waals surface area contributed by atoms with E-state index in [1.54, 1.807) is 0 Å². The number of aromatic nitrogens is 2. The predicted molar refractivity (Wildman–Crippen MR) is 46.2 cm³/mol. The van der Waals surface area contributed by atoms with Gasteiger partial charge in [0.1, 0.15) is 5.82 Å². The second kappa shape index (κ2) is 2.81. The Hall–Kier alpha value is -0.990. The Kier molecular flexibility index (Phi) is 1.79. The minimum atomic E-state index is 0.194. The molecule has 2 N–H and O–H groups in total. The number of aromatic amines is 1. The van der Waals surface area contributed by atoms with Gasteiger partial charge in [-0.1, -0.05) is 13.3 Å². The quantitative estimate of drug-likeness (QED) is 0.705. The first kappa shape index (κ1) is 7.65. The van der Waals surface area contributed by atoms with E-state index in [0.717, 1.165) is 17.9 Å². The molecule has 1 saturated carbocycles. The summed E-state index contributed by atoms with van der Waals surface area (Å²) in [5, 5.41) is 9.36. The number of hydrogen-bond acceptors (Lipinski definition) is 2. The van der Waals surface area contributed by atoms with Gasteiger partial charge in [-0.15, -0.1) is 0 Å². The van der Waals surface area contributed by atoms with E-state index in [1.807, 2.05) is 6.92 Å². The molecule has 1 aliphatic carbocycles. The Morgan fingerprint density at radius 1 is 1.58 bits per heavy atom. The summed E-state index contributed by atoms with van der Waals surface area (Å²) in [6.45, 7) is 2.01. The van der Waals surface area contributed by atoms with Gasteiger partial charge in [-0.3, -0.25) is 0 Å². The Labute approximate surface area is 71.8 Å². The molecule has 66 valence electrons. The van der Waals surface area contributed by atoms with E-state index < -0.39 is 0 Å². The van der Waals surface area contributed by atoms with Gasteiger partial charge in [0.05, 0.1) is 5.69 Å². The highest BCUT2D eigenvalue weighted by Gasteiger charge is 2.23. The molecule has 1 heterocycles. The van der Waals surface area contributed by atoms with Gasteiger partial charge in [-0.2, -0.15) is 4.98 Å². The second-order valence-corrected chi connectivity index (χ2v) is 3.41. The molecule has 3 nitrogen and oxygen atoms in total. The van der Waals surface area contributed by atoms with Crippen molar-refractivity contribution in [2.45, 2.75) is 38.5 Å². The van der Waals surface area contributed by atoms with Crippen LogP contribution >= 0.6 is 0 Å². The molecule has 0 aliphatic heterocycles. The smallest absolute Gasteiger partial charge is 0.232 e. The Bertz CT molecular complexity index is 276. The van der Waals surface area contributed by atoms with Gasteiger partial charge in [0.2, 0.25) is 5.88 Å². The monoisotopic (exact) mass is 166 g/mol. The average molecular weight is 166 g/mol. The fraction of sp³-hybridized carbons (Fsp3) is 0.667. The van der Waals surface area contributed by atoms with Crippen LogP contribution in [0, 0.1) is 0 Å². The van der Waals surface area contributed by atoms with Gasteiger partial charge in [0.15, 0.2) is 0 Å². The van der Waals surface area contributed by atoms with Gasteiger partial charge < -0.3 is 10.1 Å². The number of aromatic hydroxyl groups is 1. The molecule has 12 heavy (non-hydrogen) atoms. The van der Waals surface area contributed by atoms with E-state index in [2.05, 4.69) is 9.97 Å². The topological polar surface area (TPSA) is 48.9 Å². The molecule has 2 rings (SSSR count). The number of imidazole rings is 1. The number of rotatable bonds is 2. The lowest BCUT2D eigenvalue weighted by atomic mass is 9.85. The maximum absolute atomic E-state index is 9.36. The van der Waals surface area contributed by atoms with Crippen molar-refractivity contribution >= 4 is 0 Å². The first-order valence-electron chi connectivity index (χ1n) is 4.59. The van der Waals surface area contributed by atoms with E-state index >= 15 is 0 Å². The van der Waals surface area contributed by atoms with Crippen molar-refractivity contribution < 1.29 is 5.11 Å². The third-order valence-electron chi connectivity index (χ3n) is 2.62. The molecule has 0 atom stereocenters. The lowest BCUT2D eigenvalue weighted by Crippen LogP contribution is -2.10. The minimum absolute atomic E-state index is 0.194. The Balaban J connectivity index is 2.21. The highest BCUT2D eigenvalue weighted by Crippen LogP contribution is 2.35. The standard InChI is InChI=1S/C9H14N2O/c1-2-7-9(12)11-8(10-7)6-4-3-5-6/h6,12H,2-5H2,1H3,(H,10,11). The van der Waals surface area contributed by atoms with Crippen LogP contribution in [-0.4, -0.2) is 15.1 Å². The molecule has 0 spiro atoms. The molecule has 1 fully saturated rings. The zero-order valence-corrected chi connectivity index (χ0v) is 7.30. The molecule has 0 amide bonds. The fourth-order valence-electron chi connectivity index (χ4n) is 1.54. The summed E-state index contributed by atoms with van der Waals surface area (Å²) in [7, 11) is 0. The fourth-order valence-corrected chi connectivity index (χ4v) is 1.54. The van der Waals surface area contributed by atoms with Crippen LogP contribution in [0.3, 0.4) is 0 Å². The molecule has 0 unspecified atom stereocenters. The molecule has 0 saturated heterocycles. The van der Waals surface area contributed by atoms with E-state index in [9.17, 15) is 5.11 Å². The van der Waals surface area contributed by atoms with Crippen LogP contribution < -0.4 is 0 Å². The molecular weight excluding hydrogens is 152 g/mol. The Morgan fingerprint density at radius 3 is 2.75 bits per heavy atom. The second-order valence-electron chi connectivity index (χ2n) is 3.41. The summed E-state index contributed by atoms with van der Waals surface area (Å²) in [6, 6.07) is 0. The predicted octanol–water partition coefficient (Wildman–Crippen LogP) is 1.95. The van der Waals surface area contributed by atoms with Crippen molar-refractivity contribution in [2.24, 2.45) is 0 Å². The van der Waals surface area contributed by atoms with Crippen molar-refractivity contribution in [3.63, 3.8) is 0 Å². The maximum Gasteiger partial charge on any atom is 0.232 e. The van der Waals surface area contributed by atoms with Gasteiger partial charge in [0.25, 0.3) is 0 Å². The van der Waals surface area contributed by atoms with Gasteiger partial charge in [0, 0.05) is 5.92 Å². The van der Waals surface area contributed by atoms with Crippen LogP contribution in [0.1, 0.15) is 43.6 Å². The molecule has 1 aliphatic rings. The van der Waals surface area contributed by atoms with Crippen molar-refractivity contribution in [1.29, 1.82) is 0 Å². The van der Waals surface area contributed by atoms with E-state index in [1.165, 1.54) is 19.3 Å². The highest BCUT2D eigenvalue weighted by molar-refractivity contribution is 5.21. The summed E-state index contributed by atoms with van der Waals surface area (Å²) >= 11 is 0. The average Bonchev–Trinajstić information content (AvgIpc) is 2.27. The summed E-state index contributed by atoms with van der Waals surface area (Å²) in [5.41, 5.74) is 0.872. The van der Waals surface area contributed by atoms with Crippen LogP contribution in [-0.2, 0) is 6.42 Å². The molecular formula is C9H14N2O. The molecule has 1 aromatic rings.